The molecule has 0 radical (unpaired) electrons. The highest BCUT2D eigenvalue weighted by Crippen LogP contribution is 2.46. The Labute approximate surface area is 438 Å². The molecule has 0 amide bonds. The van der Waals surface area contributed by atoms with Crippen LogP contribution in [-0.2, 0) is 64.6 Å². The molecule has 0 bridgehead atoms. The van der Waals surface area contributed by atoms with E-state index >= 15 is 0 Å². The molecule has 4 aliphatic rings. The Morgan fingerprint density at radius 1 is 0.526 bits per heavy atom. The van der Waals surface area contributed by atoms with Crippen molar-refractivity contribution < 1.29 is 51.5 Å². The minimum absolute atomic E-state index is 0.0297. The van der Waals surface area contributed by atoms with Gasteiger partial charge in [0.05, 0.1) is 25.9 Å². The maximum atomic E-state index is 13.0. The van der Waals surface area contributed by atoms with Crippen LogP contribution in [-0.4, -0.2) is 114 Å². The second kappa shape index (κ2) is 21.4. The summed E-state index contributed by atoms with van der Waals surface area (Å²) in [6.45, 7) is 7.84. The molecular weight excluding hydrogens is 996 g/mol. The lowest BCUT2D eigenvalue weighted by Crippen LogP contribution is -2.33. The highest BCUT2D eigenvalue weighted by atomic mass is 31.1. The van der Waals surface area contributed by atoms with E-state index in [0.717, 1.165) is 22.3 Å². The molecule has 4 saturated heterocycles. The highest BCUT2D eigenvalue weighted by Gasteiger charge is 2.57. The Bertz CT molecular complexity index is 3090. The van der Waals surface area contributed by atoms with Crippen LogP contribution in [0.2, 0.25) is 0 Å². The summed E-state index contributed by atoms with van der Waals surface area (Å²) in [4.78, 5) is 29.3. The van der Waals surface area contributed by atoms with Gasteiger partial charge in [-0.25, -0.2) is 29.9 Å². The lowest BCUT2D eigenvalue weighted by molar-refractivity contribution is -0.204. The molecule has 0 saturated carbocycles. The third-order valence-electron chi connectivity index (χ3n) is 13.4. The number of ether oxygens (including phenoxy) is 8. The van der Waals surface area contributed by atoms with E-state index in [2.05, 4.69) is 10.6 Å². The van der Waals surface area contributed by atoms with Crippen molar-refractivity contribution in [3.8, 4) is 22.8 Å². The van der Waals surface area contributed by atoms with E-state index in [0.29, 0.717) is 58.7 Å². The van der Waals surface area contributed by atoms with Crippen molar-refractivity contribution in [3.63, 3.8) is 0 Å². The molecular formula is C54H57N10O11P. The van der Waals surface area contributed by atoms with Crippen molar-refractivity contribution >= 4 is 42.2 Å². The predicted octanol–water partition coefficient (Wildman–Crippen LogP) is 8.43. The van der Waals surface area contributed by atoms with Crippen molar-refractivity contribution in [1.82, 2.24) is 39.0 Å². The SMILES string of the molecule is CC1(C)O[C@@H]2[C@H](O1)[C@@H](COCO[PH](=O)OCOC[C@H]1O[C@@H](n3cnc4c(NCc5ccccc5)nc(-c5ccccc5)nc43)[C@@H]3OC(C)(C)O[C@@H]31)O[C@H]2n1cnc2c(NCc3ccccc3)nc(-c3ccccc3)nc21. The minimum Gasteiger partial charge on any atom is -0.364 e. The Kier molecular flexibility index (Phi) is 14.2. The van der Waals surface area contributed by atoms with Crippen LogP contribution in [0.3, 0.4) is 0 Å². The van der Waals surface area contributed by atoms with E-state index in [9.17, 15) is 4.57 Å². The zero-order valence-corrected chi connectivity index (χ0v) is 43.1. The quantitative estimate of drug-likeness (QED) is 0.0415. The van der Waals surface area contributed by atoms with Crippen molar-refractivity contribution in [2.24, 2.45) is 0 Å². The standard InChI is InChI=1S/C54H57N10O11P/c1-53(2)72-41-37(70-51(43(41)74-53)63-29-57-39-47(55-25-33-17-9-5-10-18-33)59-45(61-49(39)63)35-21-13-7-14-22-35)27-66-31-68-76(65)69-32-67-28-38-42-44(75-54(3,4)73-42)52(71-38)64-30-58-40-48(56-26-34-19-11-6-12-20-34)60-46(62-50(40)64)36-23-15-8-16-24-36/h5-24,29-30,37-38,41-44,51-52,76H,25-28,31-32H2,1-4H3,(H,55,59,61)(H,56,60,62)/t37-,38-,41-,42-,43-,44-,51-,52-/m1/s1. The van der Waals surface area contributed by atoms with Crippen LogP contribution in [0.5, 0.6) is 0 Å². The number of aromatic nitrogens is 8. The molecule has 12 rings (SSSR count). The molecule has 4 aliphatic heterocycles. The Morgan fingerprint density at radius 2 is 0.908 bits per heavy atom. The molecule has 0 spiro atoms. The van der Waals surface area contributed by atoms with Crippen molar-refractivity contribution in [3.05, 3.63) is 145 Å². The summed E-state index contributed by atoms with van der Waals surface area (Å²) < 4.78 is 78.2. The third kappa shape index (κ3) is 10.6. The van der Waals surface area contributed by atoms with Crippen LogP contribution >= 0.6 is 8.25 Å². The first-order valence-corrected chi connectivity index (χ1v) is 26.4. The number of hydrogen-bond donors (Lipinski definition) is 2. The van der Waals surface area contributed by atoms with Crippen LogP contribution in [0.15, 0.2) is 134 Å². The molecule has 8 atom stereocenters. The summed E-state index contributed by atoms with van der Waals surface area (Å²) in [5, 5.41) is 6.94. The fraction of sp³-hybridized carbons (Fsp3) is 0.370. The van der Waals surface area contributed by atoms with Crippen LogP contribution < -0.4 is 10.6 Å². The van der Waals surface area contributed by atoms with Gasteiger partial charge >= 0.3 is 8.25 Å². The van der Waals surface area contributed by atoms with Crippen molar-refractivity contribution in [2.75, 3.05) is 37.4 Å². The van der Waals surface area contributed by atoms with Crippen LogP contribution in [0.4, 0.5) is 11.6 Å². The summed E-state index contributed by atoms with van der Waals surface area (Å²) >= 11 is 0. The lowest BCUT2D eigenvalue weighted by atomic mass is 10.1. The molecule has 0 unspecified atom stereocenters. The van der Waals surface area contributed by atoms with Crippen LogP contribution in [0.25, 0.3) is 45.1 Å². The zero-order valence-electron chi connectivity index (χ0n) is 42.1. The summed E-state index contributed by atoms with van der Waals surface area (Å²) in [6, 6.07) is 39.6. The third-order valence-corrected chi connectivity index (χ3v) is 14.1. The van der Waals surface area contributed by atoms with E-state index < -0.39 is 68.9 Å². The summed E-state index contributed by atoms with van der Waals surface area (Å²) in [5.41, 5.74) is 6.12. The van der Waals surface area contributed by atoms with Gasteiger partial charge in [-0.15, -0.1) is 0 Å². The molecule has 8 heterocycles. The van der Waals surface area contributed by atoms with Gasteiger partial charge in [0.25, 0.3) is 0 Å². The molecule has 0 aliphatic carbocycles. The average Bonchev–Trinajstić information content (AvgIpc) is 4.38. The number of nitrogens with one attached hydrogen (secondary N) is 2. The fourth-order valence-electron chi connectivity index (χ4n) is 10.0. The number of rotatable bonds is 20. The van der Waals surface area contributed by atoms with Gasteiger partial charge in [0.2, 0.25) is 0 Å². The lowest BCUT2D eigenvalue weighted by Gasteiger charge is -2.25. The fourth-order valence-corrected chi connectivity index (χ4v) is 10.5. The Balaban J connectivity index is 0.670. The monoisotopic (exact) mass is 1050 g/mol. The van der Waals surface area contributed by atoms with E-state index in [1.807, 2.05) is 158 Å². The number of imidazole rings is 2. The molecule has 8 aromatic rings. The van der Waals surface area contributed by atoms with Crippen LogP contribution in [0, 0.1) is 0 Å². The van der Waals surface area contributed by atoms with E-state index in [-0.39, 0.29) is 26.8 Å². The topological polar surface area (TPSA) is 221 Å². The van der Waals surface area contributed by atoms with Crippen LogP contribution in [0.1, 0.15) is 51.3 Å². The number of benzene rings is 4. The largest absolute Gasteiger partial charge is 0.364 e. The molecule has 4 aromatic heterocycles. The molecule has 21 nitrogen and oxygen atoms in total. The second-order valence-electron chi connectivity index (χ2n) is 19.6. The van der Waals surface area contributed by atoms with Gasteiger partial charge in [-0.3, -0.25) is 22.7 Å². The molecule has 4 aromatic carbocycles. The van der Waals surface area contributed by atoms with Crippen molar-refractivity contribution in [2.45, 2.75) is 101 Å². The first-order valence-electron chi connectivity index (χ1n) is 25.2. The van der Waals surface area contributed by atoms with Gasteiger partial charge in [0, 0.05) is 24.2 Å². The first-order chi connectivity index (χ1) is 37.0. The molecule has 76 heavy (non-hydrogen) atoms. The smallest absolute Gasteiger partial charge is 0.323 e. The summed E-state index contributed by atoms with van der Waals surface area (Å²) in [6.07, 6.45) is -1.33. The molecule has 22 heteroatoms. The van der Waals surface area contributed by atoms with E-state index in [1.165, 1.54) is 0 Å². The maximum absolute atomic E-state index is 13.0. The molecule has 394 valence electrons. The second-order valence-corrected chi connectivity index (χ2v) is 20.7. The van der Waals surface area contributed by atoms with Crippen molar-refractivity contribution in [1.29, 1.82) is 0 Å². The summed E-state index contributed by atoms with van der Waals surface area (Å²) in [5.74, 6) is 0.384. The number of fused-ring (bicyclic) bond motifs is 4. The van der Waals surface area contributed by atoms with Gasteiger partial charge in [-0.2, -0.15) is 0 Å². The predicted molar refractivity (Wildman–Crippen MR) is 277 cm³/mol. The highest BCUT2D eigenvalue weighted by molar-refractivity contribution is 7.33. The normalized spacial score (nSPS) is 24.4. The number of hydrogen-bond acceptors (Lipinski definition) is 19. The van der Waals surface area contributed by atoms with E-state index in [4.69, 9.17) is 76.8 Å². The average molecular weight is 1050 g/mol. The van der Waals surface area contributed by atoms with Gasteiger partial charge in [0.1, 0.15) is 36.6 Å². The van der Waals surface area contributed by atoms with Gasteiger partial charge in [-0.05, 0) is 38.8 Å². The van der Waals surface area contributed by atoms with Gasteiger partial charge < -0.3 is 48.5 Å². The molecule has 2 N–H and O–H groups in total. The summed E-state index contributed by atoms with van der Waals surface area (Å²) in [7, 11) is -3.06. The van der Waals surface area contributed by atoms with Gasteiger partial charge in [-0.1, -0.05) is 121 Å². The minimum atomic E-state index is -3.06. The Hall–Kier alpha value is -6.59. The first kappa shape index (κ1) is 50.2. The maximum Gasteiger partial charge on any atom is 0.323 e. The van der Waals surface area contributed by atoms with Gasteiger partial charge in [0.15, 0.2) is 83.2 Å². The van der Waals surface area contributed by atoms with E-state index in [1.54, 1.807) is 12.7 Å². The molecule has 4 fully saturated rings. The number of nitrogens with zero attached hydrogens (tertiary/aromatic N) is 8. The number of anilines is 2. The Morgan fingerprint density at radius 3 is 1.32 bits per heavy atom. The zero-order chi connectivity index (χ0) is 51.8.